The van der Waals surface area contributed by atoms with E-state index in [2.05, 4.69) is 5.32 Å². The lowest BCUT2D eigenvalue weighted by molar-refractivity contribution is -0.128. The molecule has 0 aromatic heterocycles. The summed E-state index contributed by atoms with van der Waals surface area (Å²) in [6.45, 7) is 2.53. The van der Waals surface area contributed by atoms with Gasteiger partial charge in [-0.25, -0.2) is 8.42 Å². The number of benzene rings is 3. The van der Waals surface area contributed by atoms with Crippen molar-refractivity contribution in [2.24, 2.45) is 0 Å². The second kappa shape index (κ2) is 12.9. The molecule has 2 saturated heterocycles. The molecule has 2 aliphatic rings. The van der Waals surface area contributed by atoms with Gasteiger partial charge in [-0.1, -0.05) is 42.5 Å². The summed E-state index contributed by atoms with van der Waals surface area (Å²) < 4.78 is 37.8. The number of thioether (sulfide) groups is 1. The van der Waals surface area contributed by atoms with E-state index in [1.807, 2.05) is 47.4 Å². The summed E-state index contributed by atoms with van der Waals surface area (Å²) in [4.78, 5) is 27.2. The molecule has 40 heavy (non-hydrogen) atoms. The summed E-state index contributed by atoms with van der Waals surface area (Å²) in [5.41, 5.74) is 2.58. The number of morpholine rings is 1. The SMILES string of the molecule is O=C(NCCOc1ccc(S(=O)(=O)N2CCOCC2)cc1)c1ccc([C@H]2SCC(=O)N2Cc2ccccc2)cc1. The Hall–Kier alpha value is -3.38. The van der Waals surface area contributed by atoms with Gasteiger partial charge in [-0.15, -0.1) is 11.8 Å². The minimum Gasteiger partial charge on any atom is -0.492 e. The fourth-order valence-corrected chi connectivity index (χ4v) is 7.16. The van der Waals surface area contributed by atoms with Crippen LogP contribution in [-0.2, 0) is 26.1 Å². The third kappa shape index (κ3) is 6.67. The molecule has 0 aliphatic carbocycles. The Morgan fingerprint density at radius 1 is 0.975 bits per heavy atom. The van der Waals surface area contributed by atoms with Crippen molar-refractivity contribution in [3.63, 3.8) is 0 Å². The molecule has 0 radical (unpaired) electrons. The van der Waals surface area contributed by atoms with Crippen LogP contribution >= 0.6 is 11.8 Å². The first kappa shape index (κ1) is 28.2. The average molecular weight is 582 g/mol. The molecule has 2 heterocycles. The molecule has 9 nitrogen and oxygen atoms in total. The molecule has 1 N–H and O–H groups in total. The predicted octanol–water partition coefficient (Wildman–Crippen LogP) is 3.29. The van der Waals surface area contributed by atoms with E-state index in [9.17, 15) is 18.0 Å². The zero-order chi connectivity index (χ0) is 28.0. The second-order valence-electron chi connectivity index (χ2n) is 9.38. The molecule has 3 aromatic carbocycles. The van der Waals surface area contributed by atoms with Gasteiger partial charge in [-0.05, 0) is 47.5 Å². The monoisotopic (exact) mass is 581 g/mol. The smallest absolute Gasteiger partial charge is 0.251 e. The van der Waals surface area contributed by atoms with Crippen molar-refractivity contribution in [2.45, 2.75) is 16.8 Å². The fraction of sp³-hybridized carbons (Fsp3) is 0.310. The highest BCUT2D eigenvalue weighted by Crippen LogP contribution is 2.39. The fourth-order valence-electron chi connectivity index (χ4n) is 4.56. The lowest BCUT2D eigenvalue weighted by Crippen LogP contribution is -2.40. The highest BCUT2D eigenvalue weighted by molar-refractivity contribution is 8.00. The number of carbonyl (C=O) groups is 2. The summed E-state index contributed by atoms with van der Waals surface area (Å²) in [6, 6.07) is 23.5. The van der Waals surface area contributed by atoms with Crippen LogP contribution in [0.15, 0.2) is 83.8 Å². The normalized spacial score (nSPS) is 18.1. The van der Waals surface area contributed by atoms with Gasteiger partial charge in [0.15, 0.2) is 0 Å². The maximum Gasteiger partial charge on any atom is 0.251 e. The Morgan fingerprint density at radius 3 is 2.38 bits per heavy atom. The molecule has 0 saturated carbocycles. The summed E-state index contributed by atoms with van der Waals surface area (Å²) in [5.74, 6) is 0.835. The van der Waals surface area contributed by atoms with E-state index in [-0.39, 0.29) is 35.2 Å². The lowest BCUT2D eigenvalue weighted by Gasteiger charge is -2.26. The molecular formula is C29H31N3O6S2. The van der Waals surface area contributed by atoms with Crippen LogP contribution in [0, 0.1) is 0 Å². The maximum atomic E-state index is 12.7. The van der Waals surface area contributed by atoms with Gasteiger partial charge in [0.1, 0.15) is 17.7 Å². The maximum absolute atomic E-state index is 12.7. The Morgan fingerprint density at radius 2 is 1.68 bits per heavy atom. The second-order valence-corrected chi connectivity index (χ2v) is 12.4. The van der Waals surface area contributed by atoms with Crippen molar-refractivity contribution in [3.05, 3.63) is 95.6 Å². The molecule has 210 valence electrons. The standard InChI is InChI=1S/C29H31N3O6S2/c33-27-21-39-29(32(27)20-22-4-2-1-3-5-22)24-8-6-23(7-9-24)28(34)30-14-17-38-25-10-12-26(13-11-25)40(35,36)31-15-18-37-19-16-31/h1-13,29H,14-21H2,(H,30,34)/t29-/m1/s1. The van der Waals surface area contributed by atoms with Gasteiger partial charge in [0.25, 0.3) is 5.91 Å². The van der Waals surface area contributed by atoms with Crippen LogP contribution in [0.25, 0.3) is 0 Å². The minimum atomic E-state index is -3.55. The lowest BCUT2D eigenvalue weighted by atomic mass is 10.1. The van der Waals surface area contributed by atoms with Crippen molar-refractivity contribution in [1.82, 2.24) is 14.5 Å². The zero-order valence-electron chi connectivity index (χ0n) is 21.9. The quantitative estimate of drug-likeness (QED) is 0.367. The van der Waals surface area contributed by atoms with Gasteiger partial charge in [-0.3, -0.25) is 9.59 Å². The van der Waals surface area contributed by atoms with Crippen molar-refractivity contribution in [3.8, 4) is 5.75 Å². The van der Waals surface area contributed by atoms with Crippen LogP contribution in [0.2, 0.25) is 0 Å². The molecule has 3 aromatic rings. The number of hydrogen-bond acceptors (Lipinski definition) is 7. The molecule has 2 fully saturated rings. The van der Waals surface area contributed by atoms with Crippen LogP contribution in [0.3, 0.4) is 0 Å². The van der Waals surface area contributed by atoms with E-state index in [1.165, 1.54) is 16.4 Å². The first-order chi connectivity index (χ1) is 19.4. The van der Waals surface area contributed by atoms with E-state index in [0.29, 0.717) is 49.9 Å². The zero-order valence-corrected chi connectivity index (χ0v) is 23.5. The molecule has 0 unspecified atom stereocenters. The van der Waals surface area contributed by atoms with Crippen LogP contribution < -0.4 is 10.1 Å². The highest BCUT2D eigenvalue weighted by Gasteiger charge is 2.32. The van der Waals surface area contributed by atoms with Gasteiger partial charge in [0, 0.05) is 25.2 Å². The minimum absolute atomic E-state index is 0.0894. The summed E-state index contributed by atoms with van der Waals surface area (Å²) in [5, 5.41) is 2.75. The average Bonchev–Trinajstić information content (AvgIpc) is 3.36. The third-order valence-corrected chi connectivity index (χ3v) is 9.88. The van der Waals surface area contributed by atoms with E-state index < -0.39 is 10.0 Å². The Labute approximate surface area is 238 Å². The highest BCUT2D eigenvalue weighted by atomic mass is 32.2. The summed E-state index contributed by atoms with van der Waals surface area (Å²) in [7, 11) is -3.55. The molecule has 2 aliphatic heterocycles. The van der Waals surface area contributed by atoms with E-state index >= 15 is 0 Å². The van der Waals surface area contributed by atoms with Crippen molar-refractivity contribution < 1.29 is 27.5 Å². The molecular weight excluding hydrogens is 550 g/mol. The van der Waals surface area contributed by atoms with Gasteiger partial charge in [0.05, 0.1) is 30.4 Å². The molecule has 0 bridgehead atoms. The molecule has 5 rings (SSSR count). The predicted molar refractivity (Wildman–Crippen MR) is 152 cm³/mol. The number of amides is 2. The van der Waals surface area contributed by atoms with Gasteiger partial charge >= 0.3 is 0 Å². The van der Waals surface area contributed by atoms with Crippen LogP contribution in [0.1, 0.15) is 26.9 Å². The number of sulfonamides is 1. The topological polar surface area (TPSA) is 105 Å². The Kier molecular flexibility index (Phi) is 9.05. The summed E-state index contributed by atoms with van der Waals surface area (Å²) >= 11 is 1.59. The number of rotatable bonds is 10. The summed E-state index contributed by atoms with van der Waals surface area (Å²) in [6.07, 6.45) is 0. The van der Waals surface area contributed by atoms with Crippen LogP contribution in [0.4, 0.5) is 0 Å². The van der Waals surface area contributed by atoms with Crippen molar-refractivity contribution in [2.75, 3.05) is 45.2 Å². The van der Waals surface area contributed by atoms with Crippen molar-refractivity contribution in [1.29, 1.82) is 0 Å². The van der Waals surface area contributed by atoms with Crippen LogP contribution in [0.5, 0.6) is 5.75 Å². The molecule has 1 atom stereocenters. The Bertz CT molecular complexity index is 1410. The van der Waals surface area contributed by atoms with Crippen LogP contribution in [-0.4, -0.2) is 74.6 Å². The number of carbonyl (C=O) groups excluding carboxylic acids is 2. The van der Waals surface area contributed by atoms with Crippen molar-refractivity contribution >= 4 is 33.6 Å². The largest absolute Gasteiger partial charge is 0.492 e. The first-order valence-corrected chi connectivity index (χ1v) is 15.5. The van der Waals surface area contributed by atoms with Gasteiger partial charge in [0.2, 0.25) is 15.9 Å². The van der Waals surface area contributed by atoms with Gasteiger partial charge in [-0.2, -0.15) is 4.31 Å². The van der Waals surface area contributed by atoms with E-state index in [1.54, 1.807) is 36.0 Å². The third-order valence-electron chi connectivity index (χ3n) is 6.71. The molecule has 11 heteroatoms. The number of nitrogens with zero attached hydrogens (tertiary/aromatic N) is 2. The Balaban J connectivity index is 1.09. The number of nitrogens with one attached hydrogen (secondary N) is 1. The number of hydrogen-bond donors (Lipinski definition) is 1. The molecule has 0 spiro atoms. The first-order valence-electron chi connectivity index (χ1n) is 13.1. The van der Waals surface area contributed by atoms with E-state index in [0.717, 1.165) is 11.1 Å². The van der Waals surface area contributed by atoms with Gasteiger partial charge < -0.3 is 19.7 Å². The number of ether oxygens (including phenoxy) is 2. The molecule has 2 amide bonds. The van der Waals surface area contributed by atoms with E-state index in [4.69, 9.17) is 9.47 Å².